The van der Waals surface area contributed by atoms with Crippen molar-refractivity contribution in [3.8, 4) is 0 Å². The number of carbonyl (C=O) groups excluding carboxylic acids is 5. The number of benzene rings is 2. The van der Waals surface area contributed by atoms with Crippen LogP contribution >= 0.6 is 0 Å². The first-order chi connectivity index (χ1) is 24.8. The topological polar surface area (TPSA) is 158 Å². The number of rotatable bonds is 20. The average Bonchev–Trinajstić information content (AvgIpc) is 3.87. The van der Waals surface area contributed by atoms with Crippen molar-refractivity contribution < 1.29 is 33.4 Å². The molecule has 5 atom stereocenters. The molecular formula is C40H57N5O7. The molecule has 2 aromatic rings. The molecule has 2 heterocycles. The number of nitrogens with one attached hydrogen (secondary N) is 4. The minimum absolute atomic E-state index is 0.0171. The average molecular weight is 720 g/mol. The molecule has 2 aliphatic heterocycles. The number of ketones is 1. The van der Waals surface area contributed by atoms with Gasteiger partial charge in [-0.25, -0.2) is 0 Å². The van der Waals surface area contributed by atoms with E-state index in [1.807, 2.05) is 93.3 Å². The van der Waals surface area contributed by atoms with Gasteiger partial charge in [-0.1, -0.05) is 88.4 Å². The molecule has 0 saturated carbocycles. The Morgan fingerprint density at radius 3 is 1.77 bits per heavy atom. The number of morpholine rings is 1. The second-order valence-electron chi connectivity index (χ2n) is 15.0. The Morgan fingerprint density at radius 1 is 0.692 bits per heavy atom. The Balaban J connectivity index is 1.51. The molecule has 0 bridgehead atoms. The van der Waals surface area contributed by atoms with Gasteiger partial charge in [-0.05, 0) is 55.6 Å². The standard InChI is InChI=1S/C40H57N5O7/c1-27(2)22-32(36(47)40(5)26-52-40)42-39(50)34(24-30-14-10-7-11-15-30)44-38(49)33(23-28(3)4)43-37(48)31(17-16-29-12-8-6-9-13-29)41-35(46)25-45-18-20-51-21-19-45/h6-15,27-28,31-34H,16-26H2,1-5H3,(H,41,46)(H,42,50)(H,43,48)(H,44,49)/t31-,32+,33+,34+,40-/m0/s1. The van der Waals surface area contributed by atoms with Crippen LogP contribution in [-0.4, -0.2) is 104 Å². The van der Waals surface area contributed by atoms with Crippen LogP contribution in [0, 0.1) is 11.8 Å². The summed E-state index contributed by atoms with van der Waals surface area (Å²) in [6.45, 7) is 12.3. The van der Waals surface area contributed by atoms with E-state index in [9.17, 15) is 24.0 Å². The van der Waals surface area contributed by atoms with Crippen molar-refractivity contribution >= 4 is 29.4 Å². The maximum absolute atomic E-state index is 14.1. The van der Waals surface area contributed by atoms with Crippen molar-refractivity contribution in [1.82, 2.24) is 26.2 Å². The number of hydrogen-bond donors (Lipinski definition) is 4. The lowest BCUT2D eigenvalue weighted by molar-refractivity contribution is -0.135. The zero-order valence-electron chi connectivity index (χ0n) is 31.3. The molecule has 52 heavy (non-hydrogen) atoms. The first kappa shape index (κ1) is 40.6. The summed E-state index contributed by atoms with van der Waals surface area (Å²) in [4.78, 5) is 70.5. The van der Waals surface area contributed by atoms with E-state index in [-0.39, 0.29) is 36.5 Å². The first-order valence-corrected chi connectivity index (χ1v) is 18.6. The number of amides is 4. The van der Waals surface area contributed by atoms with Crippen LogP contribution in [0.5, 0.6) is 0 Å². The van der Waals surface area contributed by atoms with Gasteiger partial charge in [0, 0.05) is 19.5 Å². The molecule has 2 saturated heterocycles. The molecule has 0 unspecified atom stereocenters. The molecule has 2 fully saturated rings. The Morgan fingerprint density at radius 2 is 1.19 bits per heavy atom. The molecule has 12 heteroatoms. The van der Waals surface area contributed by atoms with Crippen LogP contribution in [0.4, 0.5) is 0 Å². The minimum atomic E-state index is -1.03. The highest BCUT2D eigenvalue weighted by Crippen LogP contribution is 2.29. The van der Waals surface area contributed by atoms with Crippen LogP contribution in [0.1, 0.15) is 65.0 Å². The smallest absolute Gasteiger partial charge is 0.243 e. The number of hydrogen-bond acceptors (Lipinski definition) is 8. The van der Waals surface area contributed by atoms with Crippen molar-refractivity contribution in [2.24, 2.45) is 11.8 Å². The van der Waals surface area contributed by atoms with E-state index in [0.29, 0.717) is 58.6 Å². The van der Waals surface area contributed by atoms with Gasteiger partial charge >= 0.3 is 0 Å². The Bertz CT molecular complexity index is 1480. The van der Waals surface area contributed by atoms with Gasteiger partial charge in [0.25, 0.3) is 0 Å². The largest absolute Gasteiger partial charge is 0.379 e. The van der Waals surface area contributed by atoms with Gasteiger partial charge in [-0.3, -0.25) is 28.9 Å². The van der Waals surface area contributed by atoms with Gasteiger partial charge in [-0.15, -0.1) is 0 Å². The van der Waals surface area contributed by atoms with Crippen LogP contribution in [0.2, 0.25) is 0 Å². The summed E-state index contributed by atoms with van der Waals surface area (Å²) in [5, 5.41) is 11.7. The van der Waals surface area contributed by atoms with E-state index >= 15 is 0 Å². The molecular weight excluding hydrogens is 662 g/mol. The molecule has 4 N–H and O–H groups in total. The van der Waals surface area contributed by atoms with Crippen molar-refractivity contribution in [3.63, 3.8) is 0 Å². The van der Waals surface area contributed by atoms with E-state index in [1.54, 1.807) is 6.92 Å². The van der Waals surface area contributed by atoms with Crippen LogP contribution in [-0.2, 0) is 46.3 Å². The fraction of sp³-hybridized carbons (Fsp3) is 0.575. The summed E-state index contributed by atoms with van der Waals surface area (Å²) in [6, 6.07) is 15.3. The predicted molar refractivity (Wildman–Crippen MR) is 198 cm³/mol. The minimum Gasteiger partial charge on any atom is -0.379 e. The lowest BCUT2D eigenvalue weighted by Crippen LogP contribution is -2.59. The normalized spacial score (nSPS) is 19.6. The van der Waals surface area contributed by atoms with E-state index in [4.69, 9.17) is 9.47 Å². The number of Topliss-reactive ketones (excluding diaryl/α,β-unsaturated/α-hetero) is 1. The molecule has 4 rings (SSSR count). The van der Waals surface area contributed by atoms with E-state index in [0.717, 1.165) is 11.1 Å². The summed E-state index contributed by atoms with van der Waals surface area (Å²) >= 11 is 0. The van der Waals surface area contributed by atoms with Crippen molar-refractivity contribution in [2.75, 3.05) is 39.5 Å². The summed E-state index contributed by atoms with van der Waals surface area (Å²) < 4.78 is 10.8. The van der Waals surface area contributed by atoms with Gasteiger partial charge in [0.15, 0.2) is 5.78 Å². The Kier molecular flexibility index (Phi) is 15.3. The van der Waals surface area contributed by atoms with Gasteiger partial charge in [0.2, 0.25) is 23.6 Å². The predicted octanol–water partition coefficient (Wildman–Crippen LogP) is 2.58. The van der Waals surface area contributed by atoms with Crippen molar-refractivity contribution in [3.05, 3.63) is 71.8 Å². The van der Waals surface area contributed by atoms with Gasteiger partial charge in [0.05, 0.1) is 32.4 Å². The fourth-order valence-corrected chi connectivity index (χ4v) is 6.33. The third-order valence-electron chi connectivity index (χ3n) is 9.38. The van der Waals surface area contributed by atoms with Crippen LogP contribution in [0.15, 0.2) is 60.7 Å². The number of ether oxygens (including phenoxy) is 2. The Labute approximate surface area is 308 Å². The fourth-order valence-electron chi connectivity index (χ4n) is 6.33. The third kappa shape index (κ3) is 13.1. The van der Waals surface area contributed by atoms with Gasteiger partial charge in [-0.2, -0.15) is 0 Å². The first-order valence-electron chi connectivity index (χ1n) is 18.6. The summed E-state index contributed by atoms with van der Waals surface area (Å²) in [5.74, 6) is -1.83. The monoisotopic (exact) mass is 719 g/mol. The van der Waals surface area contributed by atoms with Crippen molar-refractivity contribution in [2.45, 2.75) is 96.5 Å². The van der Waals surface area contributed by atoms with E-state index < -0.39 is 47.5 Å². The highest BCUT2D eigenvalue weighted by Gasteiger charge is 2.50. The lowest BCUT2D eigenvalue weighted by Gasteiger charge is -2.29. The molecule has 0 aliphatic carbocycles. The number of epoxide rings is 1. The van der Waals surface area contributed by atoms with Gasteiger partial charge in [0.1, 0.15) is 23.7 Å². The molecule has 12 nitrogen and oxygen atoms in total. The highest BCUT2D eigenvalue weighted by atomic mass is 16.6. The Hall–Kier alpha value is -4.13. The van der Waals surface area contributed by atoms with Crippen LogP contribution in [0.25, 0.3) is 0 Å². The molecule has 0 radical (unpaired) electrons. The van der Waals surface area contributed by atoms with Crippen LogP contribution in [0.3, 0.4) is 0 Å². The molecule has 4 amide bonds. The maximum atomic E-state index is 14.1. The maximum Gasteiger partial charge on any atom is 0.243 e. The lowest BCUT2D eigenvalue weighted by atomic mass is 9.93. The number of aryl methyl sites for hydroxylation is 1. The number of nitrogens with zero attached hydrogens (tertiary/aromatic N) is 1. The zero-order valence-corrected chi connectivity index (χ0v) is 31.3. The highest BCUT2D eigenvalue weighted by molar-refractivity contribution is 5.98. The van der Waals surface area contributed by atoms with Gasteiger partial charge < -0.3 is 30.7 Å². The van der Waals surface area contributed by atoms with Crippen LogP contribution < -0.4 is 21.3 Å². The molecule has 0 spiro atoms. The van der Waals surface area contributed by atoms with Crippen molar-refractivity contribution in [1.29, 1.82) is 0 Å². The quantitative estimate of drug-likeness (QED) is 0.152. The summed E-state index contributed by atoms with van der Waals surface area (Å²) in [6.07, 6.45) is 1.76. The second-order valence-corrected chi connectivity index (χ2v) is 15.0. The summed E-state index contributed by atoms with van der Waals surface area (Å²) in [7, 11) is 0. The van der Waals surface area contributed by atoms with E-state index in [1.165, 1.54) is 0 Å². The SMILES string of the molecule is CC(C)C[C@@H](NC(=O)[C@H](CCc1ccccc1)NC(=O)CN1CCOCC1)C(=O)N[C@H](Cc1ccccc1)C(=O)N[C@H](CC(C)C)C(=O)[C@]1(C)CO1. The molecule has 2 aliphatic rings. The molecule has 284 valence electrons. The molecule has 0 aromatic heterocycles. The number of carbonyl (C=O) groups is 5. The second kappa shape index (κ2) is 19.6. The molecule has 2 aromatic carbocycles. The zero-order chi connectivity index (χ0) is 37.7. The third-order valence-corrected chi connectivity index (χ3v) is 9.38. The van der Waals surface area contributed by atoms with E-state index in [2.05, 4.69) is 21.3 Å². The summed E-state index contributed by atoms with van der Waals surface area (Å²) in [5.41, 5.74) is 0.915.